The fraction of sp³-hybridized carbons (Fsp3) is 1.00. The van der Waals surface area contributed by atoms with Gasteiger partial charge in [0.1, 0.15) is 0 Å². The van der Waals surface area contributed by atoms with Gasteiger partial charge in [0.25, 0.3) is 0 Å². The molecule has 1 saturated heterocycles. The predicted molar refractivity (Wildman–Crippen MR) is 60.7 cm³/mol. The Morgan fingerprint density at radius 1 is 1.33 bits per heavy atom. The first kappa shape index (κ1) is 12.9. The second kappa shape index (κ2) is 4.01. The van der Waals surface area contributed by atoms with Gasteiger partial charge in [0.2, 0.25) is 0 Å². The molecule has 4 N–H and O–H groups in total. The van der Waals surface area contributed by atoms with Crippen LogP contribution in [0, 0.1) is 0 Å². The van der Waals surface area contributed by atoms with Gasteiger partial charge in [-0.05, 0) is 34.1 Å². The van der Waals surface area contributed by atoms with Crippen LogP contribution in [0.25, 0.3) is 0 Å². The molecular formula is C11H24N2O2. The SMILES string of the molecule is CC1(C)CC(CN)(NCCO)C(C)(C)O1. The van der Waals surface area contributed by atoms with Crippen LogP contribution in [-0.2, 0) is 4.74 Å². The van der Waals surface area contributed by atoms with Crippen LogP contribution in [0.4, 0.5) is 0 Å². The molecule has 1 aliphatic heterocycles. The monoisotopic (exact) mass is 216 g/mol. The Morgan fingerprint density at radius 3 is 2.27 bits per heavy atom. The van der Waals surface area contributed by atoms with E-state index in [-0.39, 0.29) is 23.3 Å². The van der Waals surface area contributed by atoms with Gasteiger partial charge in [0.15, 0.2) is 0 Å². The number of nitrogens with two attached hydrogens (primary N) is 1. The van der Waals surface area contributed by atoms with Gasteiger partial charge in [-0.2, -0.15) is 0 Å². The Balaban J connectivity index is 2.87. The minimum absolute atomic E-state index is 0.123. The van der Waals surface area contributed by atoms with Crippen LogP contribution in [0.5, 0.6) is 0 Å². The number of hydrogen-bond acceptors (Lipinski definition) is 4. The molecule has 1 aliphatic rings. The van der Waals surface area contributed by atoms with Crippen molar-refractivity contribution in [2.75, 3.05) is 19.7 Å². The van der Waals surface area contributed by atoms with Crippen molar-refractivity contribution in [1.82, 2.24) is 5.32 Å². The summed E-state index contributed by atoms with van der Waals surface area (Å²) in [6.45, 7) is 9.46. The second-order valence-electron chi connectivity index (χ2n) is 5.49. The van der Waals surface area contributed by atoms with Crippen molar-refractivity contribution >= 4 is 0 Å². The summed E-state index contributed by atoms with van der Waals surface area (Å²) in [5.41, 5.74) is 5.18. The van der Waals surface area contributed by atoms with E-state index in [1.807, 2.05) is 0 Å². The lowest BCUT2D eigenvalue weighted by Gasteiger charge is -2.39. The van der Waals surface area contributed by atoms with Crippen LogP contribution in [0.1, 0.15) is 34.1 Å². The zero-order valence-electron chi connectivity index (χ0n) is 10.3. The molecule has 0 aromatic heterocycles. The van der Waals surface area contributed by atoms with E-state index in [0.717, 1.165) is 6.42 Å². The maximum absolute atomic E-state index is 8.89. The lowest BCUT2D eigenvalue weighted by atomic mass is 9.79. The summed E-state index contributed by atoms with van der Waals surface area (Å²) in [5, 5.41) is 12.2. The van der Waals surface area contributed by atoms with Crippen molar-refractivity contribution in [3.05, 3.63) is 0 Å². The molecule has 4 nitrogen and oxygen atoms in total. The van der Waals surface area contributed by atoms with Gasteiger partial charge in [0, 0.05) is 13.1 Å². The van der Waals surface area contributed by atoms with E-state index < -0.39 is 0 Å². The molecule has 0 aliphatic carbocycles. The normalized spacial score (nSPS) is 33.2. The molecule has 0 bridgehead atoms. The van der Waals surface area contributed by atoms with E-state index in [1.54, 1.807) is 0 Å². The number of hydrogen-bond donors (Lipinski definition) is 3. The largest absolute Gasteiger partial charge is 0.395 e. The predicted octanol–water partition coefficient (Wildman–Crippen LogP) is 0.243. The van der Waals surface area contributed by atoms with Gasteiger partial charge in [-0.1, -0.05) is 0 Å². The molecule has 4 heteroatoms. The van der Waals surface area contributed by atoms with Crippen LogP contribution in [0.15, 0.2) is 0 Å². The van der Waals surface area contributed by atoms with Crippen molar-refractivity contribution in [2.45, 2.75) is 50.9 Å². The maximum Gasteiger partial charge on any atom is 0.0827 e. The minimum Gasteiger partial charge on any atom is -0.395 e. The van der Waals surface area contributed by atoms with E-state index in [0.29, 0.717) is 13.1 Å². The summed E-state index contributed by atoms with van der Waals surface area (Å²) < 4.78 is 6.02. The maximum atomic E-state index is 8.89. The van der Waals surface area contributed by atoms with Crippen LogP contribution in [0.3, 0.4) is 0 Å². The molecule has 15 heavy (non-hydrogen) atoms. The van der Waals surface area contributed by atoms with Gasteiger partial charge in [-0.15, -0.1) is 0 Å². The zero-order chi connectivity index (χ0) is 11.7. The quantitative estimate of drug-likeness (QED) is 0.630. The van der Waals surface area contributed by atoms with E-state index in [4.69, 9.17) is 15.6 Å². The highest BCUT2D eigenvalue weighted by Gasteiger charge is 2.55. The number of β-amino-alcohol motifs (C(OH)–C–C–N with tert-alkyl or cyclic N) is 1. The summed E-state index contributed by atoms with van der Waals surface area (Å²) in [7, 11) is 0. The molecule has 0 saturated carbocycles. The second-order valence-corrected chi connectivity index (χ2v) is 5.49. The van der Waals surface area contributed by atoms with E-state index in [9.17, 15) is 0 Å². The molecule has 0 aromatic carbocycles. The van der Waals surface area contributed by atoms with Crippen LogP contribution < -0.4 is 11.1 Å². The van der Waals surface area contributed by atoms with Gasteiger partial charge in [-0.25, -0.2) is 0 Å². The lowest BCUT2D eigenvalue weighted by molar-refractivity contribution is -0.0822. The molecular weight excluding hydrogens is 192 g/mol. The third-order valence-corrected chi connectivity index (χ3v) is 3.34. The van der Waals surface area contributed by atoms with Gasteiger partial charge in [-0.3, -0.25) is 0 Å². The molecule has 1 fully saturated rings. The zero-order valence-corrected chi connectivity index (χ0v) is 10.3. The first-order chi connectivity index (χ1) is 6.79. The summed E-state index contributed by atoms with van der Waals surface area (Å²) in [6, 6.07) is 0. The molecule has 0 aromatic rings. The Morgan fingerprint density at radius 2 is 1.93 bits per heavy atom. The molecule has 0 radical (unpaired) electrons. The average molecular weight is 216 g/mol. The lowest BCUT2D eigenvalue weighted by Crippen LogP contribution is -2.62. The van der Waals surface area contributed by atoms with Crippen molar-refractivity contribution in [2.24, 2.45) is 5.73 Å². The highest BCUT2D eigenvalue weighted by Crippen LogP contribution is 2.44. The topological polar surface area (TPSA) is 67.5 Å². The summed E-state index contributed by atoms with van der Waals surface area (Å²) in [5.74, 6) is 0. The Labute approximate surface area is 92.2 Å². The van der Waals surface area contributed by atoms with Crippen LogP contribution >= 0.6 is 0 Å². The van der Waals surface area contributed by atoms with Crippen molar-refractivity contribution in [3.63, 3.8) is 0 Å². The van der Waals surface area contributed by atoms with E-state index >= 15 is 0 Å². The molecule has 90 valence electrons. The van der Waals surface area contributed by atoms with Gasteiger partial charge < -0.3 is 20.9 Å². The highest BCUT2D eigenvalue weighted by molar-refractivity contribution is 5.12. The molecule has 1 heterocycles. The highest BCUT2D eigenvalue weighted by atomic mass is 16.5. The van der Waals surface area contributed by atoms with Crippen molar-refractivity contribution in [3.8, 4) is 0 Å². The fourth-order valence-corrected chi connectivity index (χ4v) is 2.72. The standard InChI is InChI=1S/C11H24N2O2/c1-9(2)7-11(8-12,13-5-6-14)10(3,4)15-9/h13-14H,5-8,12H2,1-4H3. The van der Waals surface area contributed by atoms with Crippen LogP contribution in [-0.4, -0.2) is 41.5 Å². The first-order valence-corrected chi connectivity index (χ1v) is 5.55. The third-order valence-electron chi connectivity index (χ3n) is 3.34. The number of aliphatic hydroxyl groups excluding tert-OH is 1. The Kier molecular flexibility index (Phi) is 3.45. The molecule has 1 rings (SSSR count). The smallest absolute Gasteiger partial charge is 0.0827 e. The van der Waals surface area contributed by atoms with Crippen LogP contribution in [0.2, 0.25) is 0 Å². The number of nitrogens with one attached hydrogen (secondary N) is 1. The van der Waals surface area contributed by atoms with Crippen molar-refractivity contribution < 1.29 is 9.84 Å². The van der Waals surface area contributed by atoms with Gasteiger partial charge >= 0.3 is 0 Å². The summed E-state index contributed by atoms with van der Waals surface area (Å²) >= 11 is 0. The van der Waals surface area contributed by atoms with Crippen molar-refractivity contribution in [1.29, 1.82) is 0 Å². The Hall–Kier alpha value is -0.160. The number of rotatable bonds is 4. The first-order valence-electron chi connectivity index (χ1n) is 5.55. The number of ether oxygens (including phenoxy) is 1. The average Bonchev–Trinajstić information content (AvgIpc) is 2.28. The van der Waals surface area contributed by atoms with Gasteiger partial charge in [0.05, 0.1) is 23.3 Å². The minimum atomic E-state index is -0.305. The third kappa shape index (κ3) is 2.33. The Bertz CT molecular complexity index is 229. The number of aliphatic hydroxyl groups is 1. The molecule has 0 amide bonds. The summed E-state index contributed by atoms with van der Waals surface area (Å²) in [6.07, 6.45) is 0.865. The summed E-state index contributed by atoms with van der Waals surface area (Å²) in [4.78, 5) is 0. The molecule has 0 spiro atoms. The molecule has 1 unspecified atom stereocenters. The van der Waals surface area contributed by atoms with E-state index in [1.165, 1.54) is 0 Å². The fourth-order valence-electron chi connectivity index (χ4n) is 2.72. The van der Waals surface area contributed by atoms with E-state index in [2.05, 4.69) is 33.0 Å². The molecule has 1 atom stereocenters.